The molecule has 0 fully saturated rings. The van der Waals surface area contributed by atoms with Crippen molar-refractivity contribution in [3.8, 4) is 0 Å². The fourth-order valence-corrected chi connectivity index (χ4v) is 11.4. The molecule has 0 aliphatic rings. The summed E-state index contributed by atoms with van der Waals surface area (Å²) in [6, 6.07) is -0.986. The molecule has 0 aromatic heterocycles. The van der Waals surface area contributed by atoms with Crippen LogP contribution in [0.15, 0.2) is 24.3 Å². The molecule has 5 N–H and O–H groups in total. The molecular formula is C71H139NO5. The Morgan fingerprint density at radius 1 is 0.325 bits per heavy atom. The fourth-order valence-electron chi connectivity index (χ4n) is 11.4. The molecule has 4 unspecified atom stereocenters. The van der Waals surface area contributed by atoms with Crippen LogP contribution in [0.5, 0.6) is 0 Å². The van der Waals surface area contributed by atoms with E-state index >= 15 is 0 Å². The van der Waals surface area contributed by atoms with Crippen LogP contribution >= 0.6 is 0 Å². The highest BCUT2D eigenvalue weighted by molar-refractivity contribution is 5.80. The van der Waals surface area contributed by atoms with Gasteiger partial charge in [0, 0.05) is 0 Å². The number of nitrogens with one attached hydrogen (secondary N) is 1. The van der Waals surface area contributed by atoms with Gasteiger partial charge >= 0.3 is 0 Å². The van der Waals surface area contributed by atoms with Crippen molar-refractivity contribution in [1.82, 2.24) is 5.32 Å². The Morgan fingerprint density at radius 3 is 0.818 bits per heavy atom. The van der Waals surface area contributed by atoms with Gasteiger partial charge in [0.25, 0.3) is 0 Å². The molecule has 0 bridgehead atoms. The Bertz CT molecular complexity index is 1170. The van der Waals surface area contributed by atoms with E-state index in [0.717, 1.165) is 44.9 Å². The molecule has 0 radical (unpaired) electrons. The van der Waals surface area contributed by atoms with Crippen LogP contribution < -0.4 is 5.32 Å². The van der Waals surface area contributed by atoms with Gasteiger partial charge in [-0.2, -0.15) is 0 Å². The highest BCUT2D eigenvalue weighted by atomic mass is 16.3. The van der Waals surface area contributed by atoms with Gasteiger partial charge in [-0.3, -0.25) is 4.79 Å². The van der Waals surface area contributed by atoms with E-state index in [0.29, 0.717) is 12.8 Å². The van der Waals surface area contributed by atoms with E-state index in [1.165, 1.54) is 321 Å². The quantitative estimate of drug-likeness (QED) is 0.0308. The first-order valence-electron chi connectivity index (χ1n) is 35.2. The number of aliphatic hydroxyl groups excluding tert-OH is 4. The first-order chi connectivity index (χ1) is 38.0. The predicted molar refractivity (Wildman–Crippen MR) is 339 cm³/mol. The lowest BCUT2D eigenvalue weighted by Crippen LogP contribution is -2.53. The Labute approximate surface area is 482 Å². The highest BCUT2D eigenvalue weighted by Crippen LogP contribution is 2.20. The molecule has 0 aliphatic carbocycles. The summed E-state index contributed by atoms with van der Waals surface area (Å²) in [6.45, 7) is 4.11. The molecule has 6 heteroatoms. The second-order valence-electron chi connectivity index (χ2n) is 24.6. The average Bonchev–Trinajstić information content (AvgIpc) is 3.43. The SMILES string of the molecule is CCCCCCCCCCC/C=C\C/C=C\CCCCCCCCCCCCCCCCC(O)C(=O)NC(CO)C(O)C(O)CCCCCCCCCCCCCCCCCCCCCCCCCCCCCCCCC. The zero-order valence-corrected chi connectivity index (χ0v) is 52.2. The minimum atomic E-state index is -1.26. The summed E-state index contributed by atoms with van der Waals surface area (Å²) in [5.74, 6) is -0.577. The van der Waals surface area contributed by atoms with Gasteiger partial charge in [0.1, 0.15) is 12.2 Å². The number of carbonyl (C=O) groups excluding carboxylic acids is 1. The largest absolute Gasteiger partial charge is 0.394 e. The fraction of sp³-hybridized carbons (Fsp3) is 0.930. The third-order valence-corrected chi connectivity index (χ3v) is 16.9. The standard InChI is InChI=1S/C71H139NO5/c1-3-5-7-9-11-13-15-17-19-21-23-25-27-29-31-33-35-37-38-40-42-44-46-48-50-52-54-56-58-60-62-64-68(74)70(76)67(66-73)72-71(77)69(75)65-63-61-59-57-55-53-51-49-47-45-43-41-39-36-34-32-30-28-26-24-22-20-18-16-14-12-10-8-6-4-2/h24,26,30,32,67-70,73-76H,3-23,25,27-29,31,33-66H2,1-2H3,(H,72,77)/b26-24-,32-30-. The summed E-state index contributed by atoms with van der Waals surface area (Å²) < 4.78 is 0. The van der Waals surface area contributed by atoms with Gasteiger partial charge in [0.15, 0.2) is 0 Å². The predicted octanol–water partition coefficient (Wildman–Crippen LogP) is 21.7. The number of hydrogen-bond acceptors (Lipinski definition) is 5. The van der Waals surface area contributed by atoms with Crippen LogP contribution in [0.1, 0.15) is 393 Å². The van der Waals surface area contributed by atoms with Crippen molar-refractivity contribution in [2.75, 3.05) is 6.61 Å². The Morgan fingerprint density at radius 2 is 0.558 bits per heavy atom. The average molecular weight is 1090 g/mol. The summed E-state index contributed by atoms with van der Waals surface area (Å²) in [6.07, 6.45) is 83.0. The van der Waals surface area contributed by atoms with Crippen molar-refractivity contribution in [3.63, 3.8) is 0 Å². The van der Waals surface area contributed by atoms with Crippen molar-refractivity contribution < 1.29 is 25.2 Å². The first-order valence-corrected chi connectivity index (χ1v) is 35.2. The number of rotatable bonds is 66. The van der Waals surface area contributed by atoms with Crippen LogP contribution in [0.2, 0.25) is 0 Å². The first kappa shape index (κ1) is 75.8. The minimum Gasteiger partial charge on any atom is -0.394 e. The maximum absolute atomic E-state index is 12.7. The van der Waals surface area contributed by atoms with Crippen molar-refractivity contribution >= 4 is 5.91 Å². The maximum atomic E-state index is 12.7. The van der Waals surface area contributed by atoms with Crippen LogP contribution in [-0.4, -0.2) is 57.3 Å². The van der Waals surface area contributed by atoms with Crippen molar-refractivity contribution in [1.29, 1.82) is 0 Å². The summed E-state index contributed by atoms with van der Waals surface area (Å²) in [7, 11) is 0. The number of unbranched alkanes of at least 4 members (excludes halogenated alkanes) is 53. The molecule has 458 valence electrons. The lowest BCUT2D eigenvalue weighted by Gasteiger charge is -2.27. The van der Waals surface area contributed by atoms with E-state index in [-0.39, 0.29) is 0 Å². The van der Waals surface area contributed by atoms with Crippen LogP contribution in [0.25, 0.3) is 0 Å². The molecule has 0 aliphatic heterocycles. The van der Waals surface area contributed by atoms with Gasteiger partial charge < -0.3 is 25.7 Å². The molecule has 0 heterocycles. The zero-order chi connectivity index (χ0) is 55.8. The van der Waals surface area contributed by atoms with E-state index < -0.39 is 36.9 Å². The van der Waals surface area contributed by atoms with E-state index in [1.54, 1.807) is 0 Å². The maximum Gasteiger partial charge on any atom is 0.249 e. The Balaban J connectivity index is 3.54. The monoisotopic (exact) mass is 1090 g/mol. The Kier molecular flexibility index (Phi) is 64.6. The number of aliphatic hydroxyl groups is 4. The highest BCUT2D eigenvalue weighted by Gasteiger charge is 2.28. The molecule has 0 spiro atoms. The summed E-state index contributed by atoms with van der Waals surface area (Å²) in [5, 5.41) is 44.3. The van der Waals surface area contributed by atoms with Crippen molar-refractivity contribution in [2.24, 2.45) is 0 Å². The summed E-state index contributed by atoms with van der Waals surface area (Å²) in [5.41, 5.74) is 0. The second kappa shape index (κ2) is 65.6. The molecular weight excluding hydrogens is 947 g/mol. The Hall–Kier alpha value is -1.21. The molecule has 0 aromatic rings. The molecule has 1 amide bonds. The van der Waals surface area contributed by atoms with Gasteiger partial charge in [-0.05, 0) is 44.9 Å². The van der Waals surface area contributed by atoms with Crippen molar-refractivity contribution in [3.05, 3.63) is 24.3 Å². The van der Waals surface area contributed by atoms with E-state index in [4.69, 9.17) is 0 Å². The van der Waals surface area contributed by atoms with Gasteiger partial charge in [-0.25, -0.2) is 0 Å². The van der Waals surface area contributed by atoms with Gasteiger partial charge in [0.05, 0.1) is 18.8 Å². The molecule has 4 atom stereocenters. The minimum absolute atomic E-state index is 0.371. The third-order valence-electron chi connectivity index (χ3n) is 16.9. The zero-order valence-electron chi connectivity index (χ0n) is 52.2. The molecule has 0 aromatic carbocycles. The van der Waals surface area contributed by atoms with Crippen molar-refractivity contribution in [2.45, 2.75) is 417 Å². The molecule has 6 nitrogen and oxygen atoms in total. The van der Waals surface area contributed by atoms with E-state index in [9.17, 15) is 25.2 Å². The normalized spacial score (nSPS) is 13.6. The van der Waals surface area contributed by atoms with E-state index in [2.05, 4.69) is 43.5 Å². The van der Waals surface area contributed by atoms with Gasteiger partial charge in [-0.15, -0.1) is 0 Å². The molecule has 77 heavy (non-hydrogen) atoms. The van der Waals surface area contributed by atoms with Crippen LogP contribution in [0.4, 0.5) is 0 Å². The van der Waals surface area contributed by atoms with E-state index in [1.807, 2.05) is 0 Å². The molecule has 0 rings (SSSR count). The lowest BCUT2D eigenvalue weighted by atomic mass is 9.99. The molecule has 0 saturated carbocycles. The molecule has 0 saturated heterocycles. The topological polar surface area (TPSA) is 110 Å². The van der Waals surface area contributed by atoms with Crippen LogP contribution in [0.3, 0.4) is 0 Å². The number of hydrogen-bond donors (Lipinski definition) is 5. The summed E-state index contributed by atoms with van der Waals surface area (Å²) in [4.78, 5) is 12.7. The van der Waals surface area contributed by atoms with Crippen LogP contribution in [0, 0.1) is 0 Å². The van der Waals surface area contributed by atoms with Gasteiger partial charge in [-0.1, -0.05) is 372 Å². The third kappa shape index (κ3) is 59.2. The second-order valence-corrected chi connectivity index (χ2v) is 24.6. The number of allylic oxidation sites excluding steroid dienone is 4. The van der Waals surface area contributed by atoms with Gasteiger partial charge in [0.2, 0.25) is 5.91 Å². The number of amides is 1. The smallest absolute Gasteiger partial charge is 0.249 e. The van der Waals surface area contributed by atoms with Crippen LogP contribution in [-0.2, 0) is 4.79 Å². The number of carbonyl (C=O) groups is 1. The summed E-state index contributed by atoms with van der Waals surface area (Å²) >= 11 is 0. The lowest BCUT2D eigenvalue weighted by molar-refractivity contribution is -0.132.